The van der Waals surface area contributed by atoms with Crippen LogP contribution in [0.2, 0.25) is 0 Å². The summed E-state index contributed by atoms with van der Waals surface area (Å²) in [5.74, 6) is -1.09. The van der Waals surface area contributed by atoms with Gasteiger partial charge in [0.15, 0.2) is 0 Å². The maximum absolute atomic E-state index is 12.0. The normalized spacial score (nSPS) is 10.3. The SMILES string of the molecule is Cc1ccc(C(=O)NCc2ccc(C(=O)O)o2)cc1C. The molecule has 2 aromatic rings. The summed E-state index contributed by atoms with van der Waals surface area (Å²) in [6, 6.07) is 8.35. The van der Waals surface area contributed by atoms with E-state index >= 15 is 0 Å². The number of hydrogen-bond acceptors (Lipinski definition) is 3. The Hall–Kier alpha value is -2.56. The van der Waals surface area contributed by atoms with Crippen molar-refractivity contribution in [2.45, 2.75) is 20.4 Å². The Labute approximate surface area is 116 Å². The van der Waals surface area contributed by atoms with Crippen molar-refractivity contribution in [2.24, 2.45) is 0 Å². The molecule has 5 heteroatoms. The lowest BCUT2D eigenvalue weighted by Gasteiger charge is -2.06. The van der Waals surface area contributed by atoms with Gasteiger partial charge < -0.3 is 14.8 Å². The van der Waals surface area contributed by atoms with Crippen molar-refractivity contribution in [3.63, 3.8) is 0 Å². The first-order chi connectivity index (χ1) is 9.47. The van der Waals surface area contributed by atoms with Crippen LogP contribution >= 0.6 is 0 Å². The molecule has 2 N–H and O–H groups in total. The number of nitrogens with one attached hydrogen (secondary N) is 1. The van der Waals surface area contributed by atoms with E-state index in [4.69, 9.17) is 9.52 Å². The molecule has 0 saturated carbocycles. The summed E-state index contributed by atoms with van der Waals surface area (Å²) < 4.78 is 5.06. The summed E-state index contributed by atoms with van der Waals surface area (Å²) in [5.41, 5.74) is 2.74. The molecule has 0 saturated heterocycles. The smallest absolute Gasteiger partial charge is 0.371 e. The number of aryl methyl sites for hydroxylation is 2. The summed E-state index contributed by atoms with van der Waals surface area (Å²) in [5, 5.41) is 11.4. The predicted octanol–water partition coefficient (Wildman–Crippen LogP) is 2.52. The zero-order chi connectivity index (χ0) is 14.7. The molecule has 0 aliphatic carbocycles. The van der Waals surface area contributed by atoms with E-state index in [9.17, 15) is 9.59 Å². The van der Waals surface area contributed by atoms with Gasteiger partial charge in [-0.15, -0.1) is 0 Å². The monoisotopic (exact) mass is 273 g/mol. The van der Waals surface area contributed by atoms with Crippen LogP contribution in [-0.2, 0) is 6.54 Å². The average molecular weight is 273 g/mol. The van der Waals surface area contributed by atoms with Crippen molar-refractivity contribution in [1.82, 2.24) is 5.32 Å². The number of furan rings is 1. The van der Waals surface area contributed by atoms with Crippen molar-refractivity contribution >= 4 is 11.9 Å². The molecule has 0 bridgehead atoms. The van der Waals surface area contributed by atoms with E-state index in [1.54, 1.807) is 6.07 Å². The molecule has 1 aromatic heterocycles. The molecule has 20 heavy (non-hydrogen) atoms. The lowest BCUT2D eigenvalue weighted by atomic mass is 10.1. The third-order valence-corrected chi connectivity index (χ3v) is 3.06. The largest absolute Gasteiger partial charge is 0.475 e. The molecular weight excluding hydrogens is 258 g/mol. The van der Waals surface area contributed by atoms with Gasteiger partial charge in [-0.3, -0.25) is 4.79 Å². The number of rotatable bonds is 4. The first-order valence-corrected chi connectivity index (χ1v) is 6.15. The fourth-order valence-electron chi connectivity index (χ4n) is 1.74. The van der Waals surface area contributed by atoms with Crippen molar-refractivity contribution in [1.29, 1.82) is 0 Å². The molecular formula is C15H15NO4. The highest BCUT2D eigenvalue weighted by atomic mass is 16.4. The van der Waals surface area contributed by atoms with E-state index in [2.05, 4.69) is 5.32 Å². The molecule has 0 atom stereocenters. The van der Waals surface area contributed by atoms with Crippen molar-refractivity contribution in [3.8, 4) is 0 Å². The van der Waals surface area contributed by atoms with E-state index in [1.165, 1.54) is 12.1 Å². The highest BCUT2D eigenvalue weighted by Gasteiger charge is 2.11. The van der Waals surface area contributed by atoms with Gasteiger partial charge >= 0.3 is 5.97 Å². The Morgan fingerprint density at radius 2 is 1.90 bits per heavy atom. The van der Waals surface area contributed by atoms with Gasteiger partial charge in [-0.25, -0.2) is 4.79 Å². The third kappa shape index (κ3) is 3.06. The second-order valence-corrected chi connectivity index (χ2v) is 4.55. The van der Waals surface area contributed by atoms with Gasteiger partial charge in [0.2, 0.25) is 5.76 Å². The van der Waals surface area contributed by atoms with Crippen molar-refractivity contribution in [3.05, 3.63) is 58.5 Å². The van der Waals surface area contributed by atoms with Crippen LogP contribution in [0.4, 0.5) is 0 Å². The van der Waals surface area contributed by atoms with E-state index in [-0.39, 0.29) is 18.2 Å². The Balaban J connectivity index is 2.00. The van der Waals surface area contributed by atoms with Crippen LogP contribution < -0.4 is 5.32 Å². The zero-order valence-electron chi connectivity index (χ0n) is 11.3. The molecule has 1 amide bonds. The predicted molar refractivity (Wildman–Crippen MR) is 72.8 cm³/mol. The third-order valence-electron chi connectivity index (χ3n) is 3.06. The summed E-state index contributed by atoms with van der Waals surface area (Å²) in [7, 11) is 0. The number of amides is 1. The van der Waals surface area contributed by atoms with Gasteiger partial charge in [0.05, 0.1) is 6.54 Å². The molecule has 0 fully saturated rings. The van der Waals surface area contributed by atoms with Crippen molar-refractivity contribution in [2.75, 3.05) is 0 Å². The summed E-state index contributed by atoms with van der Waals surface area (Å²) in [6.45, 7) is 4.07. The van der Waals surface area contributed by atoms with E-state index in [1.807, 2.05) is 26.0 Å². The maximum atomic E-state index is 12.0. The molecule has 2 rings (SSSR count). The van der Waals surface area contributed by atoms with Crippen LogP contribution in [0.3, 0.4) is 0 Å². The van der Waals surface area contributed by atoms with Crippen LogP contribution in [0.1, 0.15) is 37.8 Å². The number of carbonyl (C=O) groups excluding carboxylic acids is 1. The number of hydrogen-bond donors (Lipinski definition) is 2. The molecule has 104 valence electrons. The van der Waals surface area contributed by atoms with Crippen LogP contribution in [-0.4, -0.2) is 17.0 Å². The maximum Gasteiger partial charge on any atom is 0.371 e. The minimum Gasteiger partial charge on any atom is -0.475 e. The standard InChI is InChI=1S/C15H15NO4/c1-9-3-4-11(7-10(9)2)14(17)16-8-12-5-6-13(20-12)15(18)19/h3-7H,8H2,1-2H3,(H,16,17)(H,18,19). The molecule has 5 nitrogen and oxygen atoms in total. The minimum absolute atomic E-state index is 0.138. The fourth-order valence-corrected chi connectivity index (χ4v) is 1.74. The molecule has 0 aliphatic rings. The molecule has 0 radical (unpaired) electrons. The van der Waals surface area contributed by atoms with Crippen LogP contribution in [0, 0.1) is 13.8 Å². The Morgan fingerprint density at radius 3 is 2.50 bits per heavy atom. The minimum atomic E-state index is -1.13. The second kappa shape index (κ2) is 5.61. The number of carboxylic acids is 1. The molecule has 1 heterocycles. The number of carboxylic acid groups (broad SMARTS) is 1. The highest BCUT2D eigenvalue weighted by Crippen LogP contribution is 2.11. The molecule has 0 aliphatic heterocycles. The second-order valence-electron chi connectivity index (χ2n) is 4.55. The summed E-state index contributed by atoms with van der Waals surface area (Å²) in [6.07, 6.45) is 0. The van der Waals surface area contributed by atoms with E-state index in [0.29, 0.717) is 11.3 Å². The zero-order valence-corrected chi connectivity index (χ0v) is 11.3. The first kappa shape index (κ1) is 13.9. The van der Waals surface area contributed by atoms with Gasteiger partial charge in [0.25, 0.3) is 5.91 Å². The molecule has 0 unspecified atom stereocenters. The highest BCUT2D eigenvalue weighted by molar-refractivity contribution is 5.94. The van der Waals surface area contributed by atoms with Crippen molar-refractivity contribution < 1.29 is 19.1 Å². The van der Waals surface area contributed by atoms with Gasteiger partial charge in [-0.05, 0) is 49.2 Å². The Kier molecular flexibility index (Phi) is 3.89. The van der Waals surface area contributed by atoms with Gasteiger partial charge in [-0.2, -0.15) is 0 Å². The number of benzene rings is 1. The summed E-state index contributed by atoms with van der Waals surface area (Å²) >= 11 is 0. The number of carbonyl (C=O) groups is 2. The fraction of sp³-hybridized carbons (Fsp3) is 0.200. The average Bonchev–Trinajstić information content (AvgIpc) is 2.88. The topological polar surface area (TPSA) is 79.5 Å². The van der Waals surface area contributed by atoms with Gasteiger partial charge in [0, 0.05) is 5.56 Å². The number of aromatic carboxylic acids is 1. The van der Waals surface area contributed by atoms with Crippen LogP contribution in [0.25, 0.3) is 0 Å². The quantitative estimate of drug-likeness (QED) is 0.897. The van der Waals surface area contributed by atoms with Crippen LogP contribution in [0.15, 0.2) is 34.7 Å². The van der Waals surface area contributed by atoms with E-state index < -0.39 is 5.97 Å². The molecule has 0 spiro atoms. The lowest BCUT2D eigenvalue weighted by Crippen LogP contribution is -2.22. The van der Waals surface area contributed by atoms with Gasteiger partial charge in [0.1, 0.15) is 5.76 Å². The van der Waals surface area contributed by atoms with Crippen LogP contribution in [0.5, 0.6) is 0 Å². The molecule has 1 aromatic carbocycles. The Morgan fingerprint density at radius 1 is 1.15 bits per heavy atom. The summed E-state index contributed by atoms with van der Waals surface area (Å²) in [4.78, 5) is 22.6. The first-order valence-electron chi connectivity index (χ1n) is 6.15. The Bertz CT molecular complexity index is 658. The van der Waals surface area contributed by atoms with E-state index in [0.717, 1.165) is 11.1 Å². The lowest BCUT2D eigenvalue weighted by molar-refractivity contribution is 0.0660. The van der Waals surface area contributed by atoms with Gasteiger partial charge in [-0.1, -0.05) is 6.07 Å².